The van der Waals surface area contributed by atoms with Gasteiger partial charge in [0.25, 0.3) is 0 Å². The maximum absolute atomic E-state index is 12.9. The molecule has 27 heavy (non-hydrogen) atoms. The molecule has 0 atom stereocenters. The molecule has 0 saturated carbocycles. The summed E-state index contributed by atoms with van der Waals surface area (Å²) in [5, 5.41) is 8.86. The maximum Gasteiger partial charge on any atom is 0.416 e. The van der Waals surface area contributed by atoms with Crippen molar-refractivity contribution < 1.29 is 13.2 Å². The molecule has 6 heteroatoms. The first-order chi connectivity index (χ1) is 12.8. The summed E-state index contributed by atoms with van der Waals surface area (Å²) in [7, 11) is 0. The van der Waals surface area contributed by atoms with Crippen LogP contribution in [-0.4, -0.2) is 23.5 Å². The Kier molecular flexibility index (Phi) is 5.54. The number of nitriles is 1. The van der Waals surface area contributed by atoms with Crippen LogP contribution in [0.2, 0.25) is 0 Å². The second kappa shape index (κ2) is 7.71. The molecule has 1 fully saturated rings. The lowest BCUT2D eigenvalue weighted by molar-refractivity contribution is -0.137. The standard InChI is InChI=1S/C21H22F3N3/c22-21(23,24)19-3-1-2-18(14-19)17-6-4-16(5-7-17)15-27-12-9-20(26,8-11-25)10-13-27/h1-7,14H,8-10,12-13,15,26H2. The summed E-state index contributed by atoms with van der Waals surface area (Å²) < 4.78 is 38.6. The fourth-order valence-corrected chi connectivity index (χ4v) is 3.43. The molecule has 1 saturated heterocycles. The Labute approximate surface area is 157 Å². The maximum atomic E-state index is 12.9. The van der Waals surface area contributed by atoms with Crippen LogP contribution in [0.5, 0.6) is 0 Å². The highest BCUT2D eigenvalue weighted by atomic mass is 19.4. The van der Waals surface area contributed by atoms with Crippen LogP contribution in [0.3, 0.4) is 0 Å². The number of alkyl halides is 3. The SMILES string of the molecule is N#CCC1(N)CCN(Cc2ccc(-c3cccc(C(F)(F)F)c3)cc2)CC1. The Morgan fingerprint density at radius 2 is 1.70 bits per heavy atom. The molecule has 0 unspecified atom stereocenters. The molecule has 0 spiro atoms. The normalized spacial score (nSPS) is 17.4. The topological polar surface area (TPSA) is 53.1 Å². The van der Waals surface area contributed by atoms with Crippen LogP contribution in [0.15, 0.2) is 48.5 Å². The average molecular weight is 373 g/mol. The molecule has 2 aromatic carbocycles. The molecule has 0 bridgehead atoms. The van der Waals surface area contributed by atoms with Gasteiger partial charge in [-0.1, -0.05) is 36.4 Å². The molecule has 1 aliphatic heterocycles. The number of halogens is 3. The van der Waals surface area contributed by atoms with E-state index in [0.29, 0.717) is 12.0 Å². The van der Waals surface area contributed by atoms with Gasteiger partial charge in [-0.25, -0.2) is 0 Å². The molecule has 0 amide bonds. The fourth-order valence-electron chi connectivity index (χ4n) is 3.43. The van der Waals surface area contributed by atoms with Gasteiger partial charge < -0.3 is 5.73 Å². The molecular weight excluding hydrogens is 351 g/mol. The summed E-state index contributed by atoms with van der Waals surface area (Å²) in [5.74, 6) is 0. The van der Waals surface area contributed by atoms with Crippen molar-refractivity contribution >= 4 is 0 Å². The van der Waals surface area contributed by atoms with Crippen LogP contribution >= 0.6 is 0 Å². The van der Waals surface area contributed by atoms with Crippen LogP contribution in [0, 0.1) is 11.3 Å². The third-order valence-corrected chi connectivity index (χ3v) is 5.17. The van der Waals surface area contributed by atoms with Gasteiger partial charge >= 0.3 is 6.18 Å². The number of rotatable bonds is 4. The molecule has 0 aliphatic carbocycles. The number of likely N-dealkylation sites (tertiary alicyclic amines) is 1. The molecule has 2 aromatic rings. The lowest BCUT2D eigenvalue weighted by atomic mass is 9.86. The van der Waals surface area contributed by atoms with Crippen molar-refractivity contribution in [2.75, 3.05) is 13.1 Å². The van der Waals surface area contributed by atoms with Gasteiger partial charge in [0.05, 0.1) is 18.1 Å². The summed E-state index contributed by atoms with van der Waals surface area (Å²) in [6.07, 6.45) is -2.37. The fraction of sp³-hybridized carbons (Fsp3) is 0.381. The first kappa shape index (κ1) is 19.4. The van der Waals surface area contributed by atoms with Gasteiger partial charge in [0.15, 0.2) is 0 Å². The number of hydrogen-bond acceptors (Lipinski definition) is 3. The lowest BCUT2D eigenvalue weighted by Gasteiger charge is -2.37. The van der Waals surface area contributed by atoms with E-state index in [9.17, 15) is 13.2 Å². The second-order valence-corrected chi connectivity index (χ2v) is 7.25. The van der Waals surface area contributed by atoms with E-state index >= 15 is 0 Å². The van der Waals surface area contributed by atoms with Gasteiger partial charge in [-0.3, -0.25) is 4.90 Å². The minimum atomic E-state index is -4.34. The van der Waals surface area contributed by atoms with E-state index in [-0.39, 0.29) is 5.54 Å². The smallest absolute Gasteiger partial charge is 0.324 e. The third-order valence-electron chi connectivity index (χ3n) is 5.17. The van der Waals surface area contributed by atoms with Crippen LogP contribution in [0.4, 0.5) is 13.2 Å². The Morgan fingerprint density at radius 1 is 1.04 bits per heavy atom. The zero-order valence-corrected chi connectivity index (χ0v) is 15.0. The van der Waals surface area contributed by atoms with Crippen molar-refractivity contribution in [2.45, 2.75) is 37.5 Å². The summed E-state index contributed by atoms with van der Waals surface area (Å²) in [6.45, 7) is 2.45. The van der Waals surface area contributed by atoms with Crippen LogP contribution < -0.4 is 5.73 Å². The lowest BCUT2D eigenvalue weighted by Crippen LogP contribution is -2.49. The molecule has 142 valence electrons. The Hall–Kier alpha value is -2.36. The number of nitrogens with two attached hydrogens (primary N) is 1. The third kappa shape index (κ3) is 4.88. The van der Waals surface area contributed by atoms with Crippen LogP contribution in [0.1, 0.15) is 30.4 Å². The molecule has 1 aliphatic rings. The minimum absolute atomic E-state index is 0.376. The number of nitrogens with zero attached hydrogens (tertiary/aromatic N) is 2. The van der Waals surface area contributed by atoms with Crippen LogP contribution in [-0.2, 0) is 12.7 Å². The molecule has 3 nitrogen and oxygen atoms in total. The predicted octanol–water partition coefficient (Wildman–Crippen LogP) is 4.58. The average Bonchev–Trinajstić information content (AvgIpc) is 2.64. The van der Waals surface area contributed by atoms with Crippen molar-refractivity contribution in [2.24, 2.45) is 5.73 Å². The van der Waals surface area contributed by atoms with E-state index < -0.39 is 11.7 Å². The van der Waals surface area contributed by atoms with Gasteiger partial charge in [-0.2, -0.15) is 18.4 Å². The number of benzene rings is 2. The highest BCUT2D eigenvalue weighted by Crippen LogP contribution is 2.32. The van der Waals surface area contributed by atoms with E-state index in [1.54, 1.807) is 6.07 Å². The Balaban J connectivity index is 1.64. The van der Waals surface area contributed by atoms with E-state index in [2.05, 4.69) is 11.0 Å². The summed E-state index contributed by atoms with van der Waals surface area (Å²) in [5.41, 5.74) is 7.63. The predicted molar refractivity (Wildman–Crippen MR) is 98.5 cm³/mol. The number of hydrogen-bond donors (Lipinski definition) is 1. The zero-order valence-electron chi connectivity index (χ0n) is 15.0. The summed E-state index contributed by atoms with van der Waals surface area (Å²) in [6, 6.07) is 15.2. The van der Waals surface area contributed by atoms with Gasteiger partial charge in [-0.05, 0) is 41.7 Å². The van der Waals surface area contributed by atoms with E-state index in [1.807, 2.05) is 24.3 Å². The van der Waals surface area contributed by atoms with Crippen molar-refractivity contribution in [3.63, 3.8) is 0 Å². The van der Waals surface area contributed by atoms with E-state index in [0.717, 1.165) is 49.7 Å². The molecule has 1 heterocycles. The van der Waals surface area contributed by atoms with Gasteiger partial charge in [0, 0.05) is 25.2 Å². The molecular formula is C21H22F3N3. The first-order valence-electron chi connectivity index (χ1n) is 8.94. The molecule has 3 rings (SSSR count). The van der Waals surface area contributed by atoms with E-state index in [4.69, 9.17) is 11.0 Å². The number of piperidine rings is 1. The quantitative estimate of drug-likeness (QED) is 0.854. The second-order valence-electron chi connectivity index (χ2n) is 7.25. The molecule has 2 N–H and O–H groups in total. The Morgan fingerprint density at radius 3 is 2.30 bits per heavy atom. The first-order valence-corrected chi connectivity index (χ1v) is 8.94. The summed E-state index contributed by atoms with van der Waals surface area (Å²) in [4.78, 5) is 2.29. The minimum Gasteiger partial charge on any atom is -0.324 e. The van der Waals surface area contributed by atoms with Gasteiger partial charge in [-0.15, -0.1) is 0 Å². The highest BCUT2D eigenvalue weighted by Gasteiger charge is 2.31. The van der Waals surface area contributed by atoms with E-state index in [1.165, 1.54) is 12.1 Å². The summed E-state index contributed by atoms with van der Waals surface area (Å²) >= 11 is 0. The van der Waals surface area contributed by atoms with Crippen molar-refractivity contribution in [1.29, 1.82) is 5.26 Å². The van der Waals surface area contributed by atoms with Crippen LogP contribution in [0.25, 0.3) is 11.1 Å². The zero-order chi connectivity index (χ0) is 19.5. The van der Waals surface area contributed by atoms with Gasteiger partial charge in [0.1, 0.15) is 0 Å². The van der Waals surface area contributed by atoms with Gasteiger partial charge in [0.2, 0.25) is 0 Å². The van der Waals surface area contributed by atoms with Crippen molar-refractivity contribution in [1.82, 2.24) is 4.90 Å². The Bertz CT molecular complexity index is 814. The monoisotopic (exact) mass is 373 g/mol. The molecule has 0 radical (unpaired) electrons. The largest absolute Gasteiger partial charge is 0.416 e. The highest BCUT2D eigenvalue weighted by molar-refractivity contribution is 5.64. The molecule has 0 aromatic heterocycles. The van der Waals surface area contributed by atoms with Crippen molar-refractivity contribution in [3.05, 3.63) is 59.7 Å². The van der Waals surface area contributed by atoms with Crippen molar-refractivity contribution in [3.8, 4) is 17.2 Å².